The number of carbonyl (C=O) groups is 3. The van der Waals surface area contributed by atoms with E-state index in [1.807, 2.05) is 0 Å². The van der Waals surface area contributed by atoms with E-state index in [4.69, 9.17) is 21.9 Å². The lowest BCUT2D eigenvalue weighted by atomic mass is 9.76. The van der Waals surface area contributed by atoms with Crippen molar-refractivity contribution >= 4 is 36.0 Å². The quantitative estimate of drug-likeness (QED) is 0.129. The molecule has 2 aromatic carbocycles. The fourth-order valence-electron chi connectivity index (χ4n) is 5.07. The lowest BCUT2D eigenvalue weighted by molar-refractivity contribution is -0.137. The Morgan fingerprint density at radius 1 is 1.02 bits per heavy atom. The molecule has 2 unspecified atom stereocenters. The Morgan fingerprint density at radius 3 is 2.22 bits per heavy atom. The summed E-state index contributed by atoms with van der Waals surface area (Å²) in [6.07, 6.45) is -4.72. The summed E-state index contributed by atoms with van der Waals surface area (Å²) in [5, 5.41) is 15.4. The number of benzene rings is 2. The molecule has 16 heteroatoms. The summed E-state index contributed by atoms with van der Waals surface area (Å²) in [4.78, 5) is 40.6. The zero-order valence-corrected chi connectivity index (χ0v) is 25.1. The molecule has 246 valence electrons. The number of hydrogen-bond donors (Lipinski definition) is 6. The highest BCUT2D eigenvalue weighted by Crippen LogP contribution is 2.33. The molecular weight excluding hydrogens is 599 g/mol. The van der Waals surface area contributed by atoms with E-state index in [9.17, 15) is 37.0 Å². The molecule has 1 aliphatic rings. The number of alkyl halides is 3. The van der Waals surface area contributed by atoms with Gasteiger partial charge in [-0.3, -0.25) is 14.4 Å². The molecule has 0 bridgehead atoms. The number of carbonyl (C=O) groups excluding carboxylic acids is 3. The van der Waals surface area contributed by atoms with Crippen LogP contribution in [0.25, 0.3) is 0 Å². The fraction of sp³-hybridized carbons (Fsp3) is 0.483. The topological polar surface area (TPSA) is 186 Å². The zero-order valence-electron chi connectivity index (χ0n) is 25.1. The van der Waals surface area contributed by atoms with Gasteiger partial charge in [0.15, 0.2) is 0 Å². The first kappa shape index (κ1) is 35.9. The van der Waals surface area contributed by atoms with E-state index in [2.05, 4.69) is 10.6 Å². The summed E-state index contributed by atoms with van der Waals surface area (Å²) in [6.45, 7) is 4.33. The summed E-state index contributed by atoms with van der Waals surface area (Å²) in [6, 6.07) is 4.33. The minimum absolute atomic E-state index is 0.0240. The molecule has 3 rings (SSSR count). The molecule has 11 nitrogen and oxygen atoms in total. The molecule has 0 saturated heterocycles. The van der Waals surface area contributed by atoms with Gasteiger partial charge < -0.3 is 42.4 Å². The van der Waals surface area contributed by atoms with Crippen molar-refractivity contribution in [2.24, 2.45) is 17.2 Å². The van der Waals surface area contributed by atoms with Gasteiger partial charge in [0.25, 0.3) is 0 Å². The summed E-state index contributed by atoms with van der Waals surface area (Å²) >= 11 is 0. The van der Waals surface area contributed by atoms with Crippen molar-refractivity contribution in [1.29, 1.82) is 0 Å². The van der Waals surface area contributed by atoms with Gasteiger partial charge in [-0.25, -0.2) is 4.39 Å². The van der Waals surface area contributed by atoms with Crippen LogP contribution in [-0.2, 0) is 37.2 Å². The third-order valence-corrected chi connectivity index (χ3v) is 7.54. The van der Waals surface area contributed by atoms with Gasteiger partial charge in [0.05, 0.1) is 22.9 Å². The number of nitrogens with zero attached hydrogens (tertiary/aromatic N) is 1. The van der Waals surface area contributed by atoms with Crippen molar-refractivity contribution in [1.82, 2.24) is 10.2 Å². The van der Waals surface area contributed by atoms with Crippen LogP contribution in [0, 0.1) is 5.82 Å². The maximum Gasteiger partial charge on any atom is 0.494 e. The van der Waals surface area contributed by atoms with Crippen molar-refractivity contribution in [2.45, 2.75) is 63.4 Å². The van der Waals surface area contributed by atoms with Gasteiger partial charge >= 0.3 is 13.3 Å². The molecule has 0 saturated carbocycles. The molecule has 3 amide bonds. The van der Waals surface area contributed by atoms with E-state index in [1.165, 1.54) is 23.1 Å². The standard InChI is InChI=1S/C29H39BF4N6O5/c1-28(2)19-8-9-20(31)25(24(19)30(44)45-28)39-27(43)22(11-5-17-3-6-18(7-4-17)29(32,33)34)38-26(42)21(37)10-12-23(41)40(15-13-35)16-14-36/h3-4,6-9,21-22,44H,5,10-16,35-37H2,1-2H3,(H,38,42)(H,39,43). The highest BCUT2D eigenvalue weighted by molar-refractivity contribution is 6.64. The molecule has 1 aliphatic heterocycles. The number of hydrogen-bond acceptors (Lipinski definition) is 8. The smallest absolute Gasteiger partial charge is 0.423 e. The van der Waals surface area contributed by atoms with Crippen LogP contribution >= 0.6 is 0 Å². The third-order valence-electron chi connectivity index (χ3n) is 7.54. The van der Waals surface area contributed by atoms with Gasteiger partial charge in [-0.05, 0) is 62.4 Å². The summed E-state index contributed by atoms with van der Waals surface area (Å²) in [5.74, 6) is -2.80. The number of nitrogens with two attached hydrogens (primary N) is 3. The average Bonchev–Trinajstić information content (AvgIpc) is 3.21. The van der Waals surface area contributed by atoms with Crippen molar-refractivity contribution in [3.05, 3.63) is 58.9 Å². The van der Waals surface area contributed by atoms with Crippen LogP contribution in [0.2, 0.25) is 0 Å². The predicted octanol–water partition coefficient (Wildman–Crippen LogP) is 0.707. The molecule has 0 aliphatic carbocycles. The lowest BCUT2D eigenvalue weighted by Crippen LogP contribution is -2.51. The predicted molar refractivity (Wildman–Crippen MR) is 160 cm³/mol. The van der Waals surface area contributed by atoms with Gasteiger partial charge in [-0.1, -0.05) is 18.2 Å². The Kier molecular flexibility index (Phi) is 12.1. The van der Waals surface area contributed by atoms with Crippen LogP contribution in [0.1, 0.15) is 49.8 Å². The molecule has 1 heterocycles. The number of anilines is 1. The van der Waals surface area contributed by atoms with E-state index in [1.54, 1.807) is 13.8 Å². The second-order valence-electron chi connectivity index (χ2n) is 11.3. The number of aryl methyl sites for hydroxylation is 1. The molecule has 45 heavy (non-hydrogen) atoms. The number of halogens is 4. The van der Waals surface area contributed by atoms with Crippen LogP contribution in [0.4, 0.5) is 23.2 Å². The molecule has 0 spiro atoms. The van der Waals surface area contributed by atoms with Crippen LogP contribution in [0.3, 0.4) is 0 Å². The first-order chi connectivity index (χ1) is 21.1. The second-order valence-corrected chi connectivity index (χ2v) is 11.3. The largest absolute Gasteiger partial charge is 0.494 e. The first-order valence-corrected chi connectivity index (χ1v) is 14.5. The van der Waals surface area contributed by atoms with E-state index in [0.717, 1.165) is 18.2 Å². The summed E-state index contributed by atoms with van der Waals surface area (Å²) < 4.78 is 59.5. The Balaban J connectivity index is 1.79. The Bertz CT molecular complexity index is 1360. The average molecular weight is 638 g/mol. The van der Waals surface area contributed by atoms with E-state index < -0.39 is 54.2 Å². The summed E-state index contributed by atoms with van der Waals surface area (Å²) in [7, 11) is -1.54. The maximum atomic E-state index is 15.0. The van der Waals surface area contributed by atoms with Crippen molar-refractivity contribution in [3.8, 4) is 0 Å². The van der Waals surface area contributed by atoms with Gasteiger partial charge in [-0.15, -0.1) is 0 Å². The minimum atomic E-state index is -4.53. The highest BCUT2D eigenvalue weighted by atomic mass is 19.4. The molecule has 2 aromatic rings. The van der Waals surface area contributed by atoms with Crippen molar-refractivity contribution in [3.63, 3.8) is 0 Å². The van der Waals surface area contributed by atoms with Crippen LogP contribution in [-0.4, -0.2) is 73.0 Å². The van der Waals surface area contributed by atoms with Crippen LogP contribution in [0.15, 0.2) is 36.4 Å². The molecule has 2 atom stereocenters. The molecule has 9 N–H and O–H groups in total. The van der Waals surface area contributed by atoms with Gasteiger partial charge in [0.1, 0.15) is 11.9 Å². The third kappa shape index (κ3) is 9.23. The van der Waals surface area contributed by atoms with Gasteiger partial charge in [-0.2, -0.15) is 13.2 Å². The summed E-state index contributed by atoms with van der Waals surface area (Å²) in [5.41, 5.74) is 15.9. The maximum absolute atomic E-state index is 15.0. The van der Waals surface area contributed by atoms with Crippen LogP contribution in [0.5, 0.6) is 0 Å². The van der Waals surface area contributed by atoms with E-state index in [0.29, 0.717) is 11.1 Å². The molecule has 0 aromatic heterocycles. The number of rotatable bonds is 14. The molecule has 0 radical (unpaired) electrons. The van der Waals surface area contributed by atoms with E-state index in [-0.39, 0.29) is 68.9 Å². The van der Waals surface area contributed by atoms with E-state index >= 15 is 0 Å². The lowest BCUT2D eigenvalue weighted by Gasteiger charge is -2.24. The monoisotopic (exact) mass is 638 g/mol. The van der Waals surface area contributed by atoms with Crippen molar-refractivity contribution < 1.29 is 41.6 Å². The number of nitrogens with one attached hydrogen (secondary N) is 2. The Labute approximate surface area is 259 Å². The number of amides is 3. The normalized spacial score (nSPS) is 15.3. The highest BCUT2D eigenvalue weighted by Gasteiger charge is 2.43. The van der Waals surface area contributed by atoms with Gasteiger partial charge in [0, 0.05) is 38.1 Å². The fourth-order valence-corrected chi connectivity index (χ4v) is 5.07. The zero-order chi connectivity index (χ0) is 33.5. The van der Waals surface area contributed by atoms with Crippen molar-refractivity contribution in [2.75, 3.05) is 31.5 Å². The SMILES string of the molecule is CC1(C)OB(O)c2c1ccc(F)c2NC(=O)C(CCc1ccc(C(F)(F)F)cc1)NC(=O)C(N)CCC(=O)N(CCN)CCN. The number of fused-ring (bicyclic) bond motifs is 1. The van der Waals surface area contributed by atoms with Gasteiger partial charge in [0.2, 0.25) is 17.7 Å². The van der Waals surface area contributed by atoms with Crippen LogP contribution < -0.4 is 33.3 Å². The Hall–Kier alpha value is -3.57. The molecular formula is C29H39BF4N6O5. The second kappa shape index (κ2) is 15.1. The Morgan fingerprint density at radius 2 is 1.64 bits per heavy atom. The minimum Gasteiger partial charge on any atom is -0.423 e. The first-order valence-electron chi connectivity index (χ1n) is 14.5. The molecule has 0 fully saturated rings.